The third-order valence-electron chi connectivity index (χ3n) is 7.74. The zero-order valence-electron chi connectivity index (χ0n) is 26.6. The van der Waals surface area contributed by atoms with Crippen LogP contribution in [-0.2, 0) is 35.1 Å². The van der Waals surface area contributed by atoms with Gasteiger partial charge in [0.15, 0.2) is 41.5 Å². The maximum absolute atomic E-state index is 12.8. The van der Waals surface area contributed by atoms with Gasteiger partial charge in [-0.05, 0) is 23.3 Å². The van der Waals surface area contributed by atoms with E-state index in [0.29, 0.717) is 18.6 Å². The fourth-order valence-electron chi connectivity index (χ4n) is 5.62. The van der Waals surface area contributed by atoms with Crippen LogP contribution in [0.2, 0.25) is 0 Å². The number of fused-ring (bicyclic) bond motifs is 1. The van der Waals surface area contributed by atoms with Crippen LogP contribution in [0.15, 0.2) is 67.0 Å². The third-order valence-corrected chi connectivity index (χ3v) is 7.74. The maximum Gasteiger partial charge on any atom is 0.376 e. The van der Waals surface area contributed by atoms with Crippen molar-refractivity contribution >= 4 is 34.9 Å². The Balaban J connectivity index is 1.42. The number of imidazole rings is 1. The van der Waals surface area contributed by atoms with E-state index in [1.807, 2.05) is 67.6 Å². The van der Waals surface area contributed by atoms with E-state index in [4.69, 9.17) is 18.9 Å². The number of carbonyl (C=O) groups excluding carboxylic acids is 3. The first-order chi connectivity index (χ1) is 23.3. The molecule has 1 saturated heterocycles. The van der Waals surface area contributed by atoms with Crippen LogP contribution < -0.4 is 5.32 Å². The number of anilines is 1. The Bertz CT molecular complexity index is 1880. The van der Waals surface area contributed by atoms with Gasteiger partial charge in [0.2, 0.25) is 11.6 Å². The lowest BCUT2D eigenvalue weighted by Gasteiger charge is -2.23. The molecule has 1 N–H and O–H groups in total. The van der Waals surface area contributed by atoms with E-state index in [0.717, 1.165) is 11.1 Å². The minimum atomic E-state index is -1.18. The number of aryl methyl sites for hydroxylation is 1. The molecule has 0 spiro atoms. The average Bonchev–Trinajstić information content (AvgIpc) is 3.83. The number of nitrogens with zero attached hydrogens (tertiary/aromatic N) is 8. The highest BCUT2D eigenvalue weighted by Crippen LogP contribution is 2.42. The largest absolute Gasteiger partial charge is 0.463 e. The molecule has 0 aliphatic carbocycles. The number of tetrazole rings is 1. The maximum atomic E-state index is 12.8. The van der Waals surface area contributed by atoms with E-state index in [1.165, 1.54) is 36.6 Å². The van der Waals surface area contributed by atoms with Crippen LogP contribution in [0.4, 0.5) is 5.82 Å². The van der Waals surface area contributed by atoms with Gasteiger partial charge in [-0.2, -0.15) is 4.80 Å². The van der Waals surface area contributed by atoms with Crippen LogP contribution in [-0.4, -0.2) is 83.5 Å². The van der Waals surface area contributed by atoms with Crippen LogP contribution in [0.3, 0.4) is 0 Å². The summed E-state index contributed by atoms with van der Waals surface area (Å²) >= 11 is 0. The van der Waals surface area contributed by atoms with Crippen molar-refractivity contribution in [2.45, 2.75) is 57.8 Å². The summed E-state index contributed by atoms with van der Waals surface area (Å²) in [7, 11) is 1.22. The number of ether oxygens (including phenoxy) is 4. The van der Waals surface area contributed by atoms with Gasteiger partial charge >= 0.3 is 17.9 Å². The molecule has 3 aromatic heterocycles. The quantitative estimate of drug-likeness (QED) is 0.162. The summed E-state index contributed by atoms with van der Waals surface area (Å²) in [6, 6.07) is 20.0. The lowest BCUT2D eigenvalue weighted by atomic mass is 9.91. The first-order valence-electron chi connectivity index (χ1n) is 15.2. The summed E-state index contributed by atoms with van der Waals surface area (Å²) in [5.74, 6) is -2.02. The molecule has 0 amide bonds. The molecule has 0 unspecified atom stereocenters. The van der Waals surface area contributed by atoms with Gasteiger partial charge in [-0.1, -0.05) is 60.7 Å². The second-order valence-electron chi connectivity index (χ2n) is 10.9. The molecule has 2 aromatic carbocycles. The first kappa shape index (κ1) is 32.2. The second-order valence-corrected chi connectivity index (χ2v) is 10.9. The number of nitrogens with one attached hydrogen (secondary N) is 1. The molecule has 5 aromatic rings. The predicted octanol–water partition coefficient (Wildman–Crippen LogP) is 3.00. The van der Waals surface area contributed by atoms with Gasteiger partial charge in [0.25, 0.3) is 0 Å². The molecule has 0 bridgehead atoms. The van der Waals surface area contributed by atoms with Gasteiger partial charge < -0.3 is 24.3 Å². The summed E-state index contributed by atoms with van der Waals surface area (Å²) in [4.78, 5) is 52.2. The first-order valence-corrected chi connectivity index (χ1v) is 15.2. The smallest absolute Gasteiger partial charge is 0.376 e. The van der Waals surface area contributed by atoms with Crippen molar-refractivity contribution in [2.75, 3.05) is 19.0 Å². The molecular weight excluding hydrogens is 622 g/mol. The molecule has 1 fully saturated rings. The molecule has 0 saturated carbocycles. The number of hydrogen-bond donors (Lipinski definition) is 1. The number of methoxy groups -OCH3 is 1. The Morgan fingerprint density at radius 3 is 2.17 bits per heavy atom. The zero-order chi connectivity index (χ0) is 33.8. The summed E-state index contributed by atoms with van der Waals surface area (Å²) in [5.41, 5.74) is 2.61. The lowest BCUT2D eigenvalue weighted by molar-refractivity contribution is -0.165. The molecule has 0 radical (unpaired) electrons. The van der Waals surface area contributed by atoms with Crippen LogP contribution in [0, 0.1) is 0 Å². The normalized spacial score (nSPS) is 18.9. The van der Waals surface area contributed by atoms with Crippen molar-refractivity contribution in [1.82, 2.24) is 39.7 Å². The van der Waals surface area contributed by atoms with Crippen molar-refractivity contribution in [3.8, 4) is 0 Å². The summed E-state index contributed by atoms with van der Waals surface area (Å²) in [6.45, 7) is 5.10. The van der Waals surface area contributed by atoms with Crippen molar-refractivity contribution in [2.24, 2.45) is 0 Å². The van der Waals surface area contributed by atoms with Gasteiger partial charge in [0, 0.05) is 26.3 Å². The van der Waals surface area contributed by atoms with E-state index in [1.54, 1.807) is 0 Å². The van der Waals surface area contributed by atoms with Crippen molar-refractivity contribution < 1.29 is 33.3 Å². The lowest BCUT2D eigenvalue weighted by Crippen LogP contribution is -2.37. The Morgan fingerprint density at radius 2 is 1.58 bits per heavy atom. The molecule has 16 heteroatoms. The van der Waals surface area contributed by atoms with Gasteiger partial charge in [-0.15, -0.1) is 10.2 Å². The van der Waals surface area contributed by atoms with Gasteiger partial charge in [-0.3, -0.25) is 14.2 Å². The van der Waals surface area contributed by atoms with Crippen LogP contribution in [0.1, 0.15) is 66.6 Å². The van der Waals surface area contributed by atoms with Crippen molar-refractivity contribution in [3.05, 3.63) is 89.8 Å². The van der Waals surface area contributed by atoms with Gasteiger partial charge in [0.1, 0.15) is 0 Å². The molecule has 1 aliphatic heterocycles. The van der Waals surface area contributed by atoms with E-state index < -0.39 is 42.4 Å². The molecule has 248 valence electrons. The van der Waals surface area contributed by atoms with E-state index in [9.17, 15) is 14.4 Å². The summed E-state index contributed by atoms with van der Waals surface area (Å²) in [5, 5.41) is 15.8. The number of rotatable bonds is 11. The Morgan fingerprint density at radius 1 is 0.938 bits per heavy atom. The predicted molar refractivity (Wildman–Crippen MR) is 167 cm³/mol. The Kier molecular flexibility index (Phi) is 9.33. The molecule has 6 rings (SSSR count). The highest BCUT2D eigenvalue weighted by atomic mass is 16.6. The number of benzene rings is 2. The monoisotopic (exact) mass is 655 g/mol. The van der Waals surface area contributed by atoms with Gasteiger partial charge in [0.05, 0.1) is 20.0 Å². The molecular formula is C32H33N9O7. The summed E-state index contributed by atoms with van der Waals surface area (Å²) in [6.07, 6.45) is -3.13. The number of carbonyl (C=O) groups is 3. The minimum absolute atomic E-state index is 0.0816. The number of esters is 3. The molecule has 4 heterocycles. The number of hydrogen-bond acceptors (Lipinski definition) is 14. The van der Waals surface area contributed by atoms with Crippen LogP contribution in [0.25, 0.3) is 11.2 Å². The van der Waals surface area contributed by atoms with Crippen LogP contribution in [0.5, 0.6) is 0 Å². The van der Waals surface area contributed by atoms with Gasteiger partial charge in [-0.25, -0.2) is 19.7 Å². The van der Waals surface area contributed by atoms with Crippen molar-refractivity contribution in [3.63, 3.8) is 0 Å². The highest BCUT2D eigenvalue weighted by molar-refractivity contribution is 5.91. The highest BCUT2D eigenvalue weighted by Gasteiger charge is 2.53. The fraction of sp³-hybridized carbons (Fsp3) is 0.344. The number of aromatic nitrogens is 8. The average molecular weight is 656 g/mol. The SMILES string of the molecule is CCn1nnc([C@H]2O[C@@H](n3cnc4c(NCC(c5ccccc5)c5ccccc5)nc(C(=O)OC)nc43)[C@@H](OC(C)=O)[C@@H]2OC(C)=O)n1. The van der Waals surface area contributed by atoms with E-state index >= 15 is 0 Å². The third kappa shape index (κ3) is 6.55. The molecule has 1 aliphatic rings. The second kappa shape index (κ2) is 13.9. The Labute approximate surface area is 274 Å². The molecule has 16 nitrogen and oxygen atoms in total. The van der Waals surface area contributed by atoms with Crippen molar-refractivity contribution in [1.29, 1.82) is 0 Å². The minimum Gasteiger partial charge on any atom is -0.463 e. The topological polar surface area (TPSA) is 187 Å². The molecule has 48 heavy (non-hydrogen) atoms. The van der Waals surface area contributed by atoms with E-state index in [2.05, 4.69) is 35.7 Å². The zero-order valence-corrected chi connectivity index (χ0v) is 26.6. The molecule has 4 atom stereocenters. The summed E-state index contributed by atoms with van der Waals surface area (Å²) < 4.78 is 24.1. The Hall–Kier alpha value is -5.77. The standard InChI is InChI=1S/C32H33N9O7/c1-5-41-38-28(37-39-41)25-24(46-18(2)42)26(47-19(3)43)31(48-25)40-17-34-23-27(35-29(32(44)45-4)36-30(23)40)33-16-22(20-12-8-6-9-13-20)21-14-10-7-11-15-21/h6-15,17,22,24-26,31H,5,16H2,1-4H3,(H,33,35,36)/t24-,25+,26+,31-/m1/s1. The van der Waals surface area contributed by atoms with Crippen LogP contribution >= 0.6 is 0 Å². The van der Waals surface area contributed by atoms with E-state index in [-0.39, 0.29) is 29.0 Å². The fourth-order valence-corrected chi connectivity index (χ4v) is 5.62.